The number of ether oxygens (including phenoxy) is 1. The molecule has 0 spiro atoms. The summed E-state index contributed by atoms with van der Waals surface area (Å²) in [7, 11) is 1.67. The van der Waals surface area contributed by atoms with Gasteiger partial charge in [0, 0.05) is 10.0 Å². The summed E-state index contributed by atoms with van der Waals surface area (Å²) in [5, 5.41) is 0. The van der Waals surface area contributed by atoms with Gasteiger partial charge >= 0.3 is 0 Å². The van der Waals surface area contributed by atoms with Crippen molar-refractivity contribution in [2.75, 3.05) is 7.11 Å². The van der Waals surface area contributed by atoms with Crippen LogP contribution in [0.5, 0.6) is 0 Å². The first-order valence-electron chi connectivity index (χ1n) is 5.36. The molecule has 0 aliphatic carbocycles. The van der Waals surface area contributed by atoms with Gasteiger partial charge in [-0.2, -0.15) is 0 Å². The van der Waals surface area contributed by atoms with Crippen LogP contribution in [0.3, 0.4) is 0 Å². The fourth-order valence-electron chi connectivity index (χ4n) is 1.70. The van der Waals surface area contributed by atoms with Gasteiger partial charge in [0.15, 0.2) is 0 Å². The van der Waals surface area contributed by atoms with E-state index in [0.717, 1.165) is 21.2 Å². The highest BCUT2D eigenvalue weighted by Gasteiger charge is 2.08. The molecule has 0 radical (unpaired) electrons. The average Bonchev–Trinajstić information content (AvgIpc) is 2.38. The Labute approximate surface area is 110 Å². The van der Waals surface area contributed by atoms with Gasteiger partial charge in [0.05, 0.1) is 13.4 Å². The quantitative estimate of drug-likeness (QED) is 0.757. The van der Waals surface area contributed by atoms with E-state index in [1.54, 1.807) is 13.4 Å². The van der Waals surface area contributed by atoms with Gasteiger partial charge in [-0.1, -0.05) is 64.5 Å². The summed E-state index contributed by atoms with van der Waals surface area (Å²) in [6.07, 6.45) is 1.77. The molecule has 0 saturated heterocycles. The summed E-state index contributed by atoms with van der Waals surface area (Å²) in [6.45, 7) is 0. The third-order valence-corrected chi connectivity index (χ3v) is 3.18. The van der Waals surface area contributed by atoms with E-state index < -0.39 is 0 Å². The Balaban J connectivity index is 2.52. The van der Waals surface area contributed by atoms with Crippen molar-refractivity contribution < 1.29 is 4.74 Å². The monoisotopic (exact) mass is 288 g/mol. The normalized spacial score (nSPS) is 11.3. The molecule has 17 heavy (non-hydrogen) atoms. The molecule has 0 N–H and O–H groups in total. The van der Waals surface area contributed by atoms with Crippen molar-refractivity contribution in [2.45, 2.75) is 0 Å². The highest BCUT2D eigenvalue weighted by molar-refractivity contribution is 9.10. The third-order valence-electron chi connectivity index (χ3n) is 2.48. The highest BCUT2D eigenvalue weighted by atomic mass is 79.9. The van der Waals surface area contributed by atoms with E-state index in [9.17, 15) is 0 Å². The van der Waals surface area contributed by atoms with Crippen molar-refractivity contribution in [3.63, 3.8) is 0 Å². The number of hydrogen-bond acceptors (Lipinski definition) is 1. The Morgan fingerprint density at radius 1 is 1.00 bits per heavy atom. The van der Waals surface area contributed by atoms with Gasteiger partial charge in [-0.05, 0) is 17.2 Å². The topological polar surface area (TPSA) is 9.23 Å². The smallest absolute Gasteiger partial charge is 0.0909 e. The van der Waals surface area contributed by atoms with Crippen molar-refractivity contribution >= 4 is 21.5 Å². The molecular formula is C15H13BrO. The molecule has 1 nitrogen and oxygen atoms in total. The van der Waals surface area contributed by atoms with Gasteiger partial charge < -0.3 is 4.74 Å². The Morgan fingerprint density at radius 3 is 2.29 bits per heavy atom. The second-order valence-corrected chi connectivity index (χ2v) is 4.47. The molecule has 86 valence electrons. The molecular weight excluding hydrogens is 276 g/mol. The zero-order valence-corrected chi connectivity index (χ0v) is 11.1. The molecule has 2 rings (SSSR count). The zero-order valence-electron chi connectivity index (χ0n) is 9.56. The molecule has 2 aromatic rings. The van der Waals surface area contributed by atoms with E-state index in [-0.39, 0.29) is 0 Å². The molecule has 0 unspecified atom stereocenters. The Hall–Kier alpha value is -1.54. The predicted octanol–water partition coefficient (Wildman–Crippen LogP) is 4.48. The summed E-state index contributed by atoms with van der Waals surface area (Å²) in [5.74, 6) is 0. The predicted molar refractivity (Wildman–Crippen MR) is 74.7 cm³/mol. The molecule has 0 aliphatic rings. The van der Waals surface area contributed by atoms with Crippen LogP contribution in [0.25, 0.3) is 5.57 Å². The minimum atomic E-state index is 1.06. The maximum atomic E-state index is 5.18. The van der Waals surface area contributed by atoms with Crippen LogP contribution in [0.2, 0.25) is 0 Å². The van der Waals surface area contributed by atoms with Crippen LogP contribution in [0.1, 0.15) is 11.1 Å². The maximum Gasteiger partial charge on any atom is 0.0909 e. The summed E-state index contributed by atoms with van der Waals surface area (Å²) in [4.78, 5) is 0. The number of halogens is 1. The average molecular weight is 289 g/mol. The first-order chi connectivity index (χ1) is 8.33. The van der Waals surface area contributed by atoms with E-state index in [1.807, 2.05) is 36.4 Å². The summed E-state index contributed by atoms with van der Waals surface area (Å²) in [6, 6.07) is 18.3. The fourth-order valence-corrected chi connectivity index (χ4v) is 2.20. The lowest BCUT2D eigenvalue weighted by Crippen LogP contribution is -1.90. The van der Waals surface area contributed by atoms with Crippen LogP contribution in [0.4, 0.5) is 0 Å². The fraction of sp³-hybridized carbons (Fsp3) is 0.0667. The molecule has 2 heteroatoms. The Bertz CT molecular complexity index is 517. The van der Waals surface area contributed by atoms with Crippen molar-refractivity contribution in [1.82, 2.24) is 0 Å². The van der Waals surface area contributed by atoms with Crippen LogP contribution >= 0.6 is 15.9 Å². The second-order valence-electron chi connectivity index (χ2n) is 3.61. The molecule has 0 aliphatic heterocycles. The van der Waals surface area contributed by atoms with Gasteiger partial charge in [0.1, 0.15) is 0 Å². The van der Waals surface area contributed by atoms with Crippen molar-refractivity contribution in [3.05, 3.63) is 76.5 Å². The molecule has 0 heterocycles. The van der Waals surface area contributed by atoms with Gasteiger partial charge in [-0.15, -0.1) is 0 Å². The lowest BCUT2D eigenvalue weighted by Gasteiger charge is -2.09. The van der Waals surface area contributed by atoms with Gasteiger partial charge in [-0.3, -0.25) is 0 Å². The van der Waals surface area contributed by atoms with E-state index in [1.165, 1.54) is 0 Å². The van der Waals surface area contributed by atoms with Crippen LogP contribution in [-0.2, 0) is 4.74 Å². The first-order valence-corrected chi connectivity index (χ1v) is 6.15. The third kappa shape index (κ3) is 2.77. The summed E-state index contributed by atoms with van der Waals surface area (Å²) < 4.78 is 6.25. The number of benzene rings is 2. The van der Waals surface area contributed by atoms with Crippen molar-refractivity contribution in [2.24, 2.45) is 0 Å². The van der Waals surface area contributed by atoms with Crippen molar-refractivity contribution in [3.8, 4) is 0 Å². The Morgan fingerprint density at radius 2 is 1.65 bits per heavy atom. The Kier molecular flexibility index (Phi) is 3.99. The number of rotatable bonds is 3. The molecule has 0 fully saturated rings. The van der Waals surface area contributed by atoms with Crippen LogP contribution in [0, 0.1) is 0 Å². The molecule has 0 bridgehead atoms. The minimum Gasteiger partial charge on any atom is -0.504 e. The second kappa shape index (κ2) is 5.69. The first kappa shape index (κ1) is 11.9. The summed E-state index contributed by atoms with van der Waals surface area (Å²) >= 11 is 3.57. The largest absolute Gasteiger partial charge is 0.504 e. The van der Waals surface area contributed by atoms with Crippen LogP contribution in [-0.4, -0.2) is 7.11 Å². The lowest BCUT2D eigenvalue weighted by molar-refractivity contribution is 0.340. The zero-order chi connectivity index (χ0) is 12.1. The number of methoxy groups -OCH3 is 1. The standard InChI is InChI=1S/C15H13BrO/c1-17-11-14(12-7-3-2-4-8-12)13-9-5-6-10-15(13)16/h2-11H,1H3/b14-11-. The molecule has 2 aromatic carbocycles. The SMILES string of the molecule is CO/C=C(/c1ccccc1)c1ccccc1Br. The number of hydrogen-bond donors (Lipinski definition) is 0. The molecule has 0 saturated carbocycles. The highest BCUT2D eigenvalue weighted by Crippen LogP contribution is 2.29. The van der Waals surface area contributed by atoms with E-state index in [0.29, 0.717) is 0 Å². The minimum absolute atomic E-state index is 1.06. The van der Waals surface area contributed by atoms with E-state index in [4.69, 9.17) is 4.74 Å². The van der Waals surface area contributed by atoms with Gasteiger partial charge in [0.25, 0.3) is 0 Å². The van der Waals surface area contributed by atoms with E-state index >= 15 is 0 Å². The van der Waals surface area contributed by atoms with Crippen LogP contribution < -0.4 is 0 Å². The van der Waals surface area contributed by atoms with Crippen molar-refractivity contribution in [1.29, 1.82) is 0 Å². The lowest BCUT2D eigenvalue weighted by atomic mass is 9.99. The van der Waals surface area contributed by atoms with E-state index in [2.05, 4.69) is 34.1 Å². The molecule has 0 amide bonds. The van der Waals surface area contributed by atoms with Crippen LogP contribution in [0.15, 0.2) is 65.3 Å². The van der Waals surface area contributed by atoms with Gasteiger partial charge in [0.2, 0.25) is 0 Å². The van der Waals surface area contributed by atoms with Gasteiger partial charge in [-0.25, -0.2) is 0 Å². The summed E-state index contributed by atoms with van der Waals surface area (Å²) in [5.41, 5.74) is 3.34. The molecule has 0 atom stereocenters. The molecule has 0 aromatic heterocycles. The maximum absolute atomic E-state index is 5.18.